The molecule has 0 saturated heterocycles. The Morgan fingerprint density at radius 2 is 1.48 bits per heavy atom. The van der Waals surface area contributed by atoms with Crippen LogP contribution in [-0.2, 0) is 9.30 Å². The van der Waals surface area contributed by atoms with Crippen molar-refractivity contribution >= 4 is 18.8 Å². The Labute approximate surface area is 173 Å². The van der Waals surface area contributed by atoms with E-state index < -0.39 is 7.29 Å². The van der Waals surface area contributed by atoms with Crippen LogP contribution in [0.15, 0.2) is 72.3 Å². The summed E-state index contributed by atoms with van der Waals surface area (Å²) in [4.78, 5) is 0. The first kappa shape index (κ1) is 18.9. The van der Waals surface area contributed by atoms with E-state index in [4.69, 9.17) is 4.74 Å². The maximum absolute atomic E-state index is 14.0. The highest BCUT2D eigenvalue weighted by Crippen LogP contribution is 2.56. The highest BCUT2D eigenvalue weighted by molar-refractivity contribution is 7.68. The summed E-state index contributed by atoms with van der Waals surface area (Å²) < 4.78 is 20.3. The van der Waals surface area contributed by atoms with Crippen LogP contribution in [-0.4, -0.2) is 6.04 Å². The SMILES string of the molecule is C[C@H](NP1(=O)C=C(c2ccccc2)OC(c2ccccc2)=C1)[C@H]1C[C@@H]2CC[C@@H]1C2. The minimum Gasteiger partial charge on any atom is -0.456 e. The van der Waals surface area contributed by atoms with Crippen molar-refractivity contribution in [2.24, 2.45) is 17.8 Å². The Bertz CT molecular complexity index is 923. The molecule has 2 bridgehead atoms. The molecule has 3 aliphatic rings. The molecule has 0 amide bonds. The van der Waals surface area contributed by atoms with Crippen molar-refractivity contribution in [1.82, 2.24) is 5.09 Å². The fourth-order valence-electron chi connectivity index (χ4n) is 5.42. The second-order valence-corrected chi connectivity index (χ2v) is 11.0. The molecule has 4 heteroatoms. The third kappa shape index (κ3) is 3.86. The van der Waals surface area contributed by atoms with Crippen LogP contribution in [0.4, 0.5) is 0 Å². The molecular formula is C25H28NO2P. The van der Waals surface area contributed by atoms with Crippen molar-refractivity contribution in [2.45, 2.75) is 38.6 Å². The van der Waals surface area contributed by atoms with Crippen LogP contribution in [0.25, 0.3) is 11.5 Å². The van der Waals surface area contributed by atoms with E-state index in [1.807, 2.05) is 72.3 Å². The molecule has 1 N–H and O–H groups in total. The van der Waals surface area contributed by atoms with Crippen molar-refractivity contribution < 1.29 is 9.30 Å². The van der Waals surface area contributed by atoms with E-state index in [2.05, 4.69) is 12.0 Å². The molecule has 2 aliphatic carbocycles. The summed E-state index contributed by atoms with van der Waals surface area (Å²) >= 11 is 0. The summed E-state index contributed by atoms with van der Waals surface area (Å²) in [5, 5.41) is 3.54. The third-order valence-corrected chi connectivity index (χ3v) is 8.84. The fourth-order valence-corrected chi connectivity index (χ4v) is 7.58. The van der Waals surface area contributed by atoms with Crippen LogP contribution < -0.4 is 5.09 Å². The Balaban J connectivity index is 1.47. The van der Waals surface area contributed by atoms with E-state index in [-0.39, 0.29) is 6.04 Å². The average Bonchev–Trinajstić information content (AvgIpc) is 3.38. The van der Waals surface area contributed by atoms with Gasteiger partial charge in [-0.3, -0.25) is 9.65 Å². The van der Waals surface area contributed by atoms with E-state index in [9.17, 15) is 4.57 Å². The standard InChI is InChI=1S/C25H28NO2P/c1-18(23-15-19-12-13-22(23)14-19)26-29(27)16-24(20-8-4-2-5-9-20)28-25(17-29)21-10-6-3-7-11-21/h2-11,16-19,22-23H,12-15H2,1H3,(H,26,27)/t18-,19+,22+,23+/m0/s1. The summed E-state index contributed by atoms with van der Waals surface area (Å²) in [6.45, 7) is 2.21. The second-order valence-electron chi connectivity index (χ2n) is 8.79. The molecule has 0 unspecified atom stereocenters. The van der Waals surface area contributed by atoms with Gasteiger partial charge in [-0.15, -0.1) is 0 Å². The van der Waals surface area contributed by atoms with E-state index in [1.54, 1.807) is 0 Å². The summed E-state index contributed by atoms with van der Waals surface area (Å²) in [5.41, 5.74) is 1.90. The van der Waals surface area contributed by atoms with Gasteiger partial charge in [0.15, 0.2) is 7.29 Å². The third-order valence-electron chi connectivity index (χ3n) is 6.80. The van der Waals surface area contributed by atoms with Gasteiger partial charge in [-0.1, -0.05) is 67.1 Å². The molecule has 150 valence electrons. The number of benzene rings is 2. The number of nitrogens with one attached hydrogen (secondary N) is 1. The summed E-state index contributed by atoms with van der Waals surface area (Å²) in [6.07, 6.45) is 5.36. The van der Waals surface area contributed by atoms with Crippen molar-refractivity contribution in [3.05, 3.63) is 83.4 Å². The van der Waals surface area contributed by atoms with E-state index in [0.717, 1.165) is 23.0 Å². The number of hydrogen-bond donors (Lipinski definition) is 1. The largest absolute Gasteiger partial charge is 0.456 e. The smallest absolute Gasteiger partial charge is 0.198 e. The first-order valence-electron chi connectivity index (χ1n) is 10.7. The monoisotopic (exact) mass is 405 g/mol. The molecular weight excluding hydrogens is 377 g/mol. The maximum atomic E-state index is 14.0. The van der Waals surface area contributed by atoms with E-state index in [0.29, 0.717) is 17.4 Å². The number of ether oxygens (including phenoxy) is 1. The van der Waals surface area contributed by atoms with Crippen LogP contribution in [0.5, 0.6) is 0 Å². The number of fused-ring (bicyclic) bond motifs is 2. The zero-order valence-corrected chi connectivity index (χ0v) is 17.7. The lowest BCUT2D eigenvalue weighted by Gasteiger charge is -2.32. The highest BCUT2D eigenvalue weighted by atomic mass is 31.2. The zero-order valence-electron chi connectivity index (χ0n) is 16.8. The van der Waals surface area contributed by atoms with Gasteiger partial charge in [0.25, 0.3) is 0 Å². The van der Waals surface area contributed by atoms with Crippen molar-refractivity contribution in [3.8, 4) is 0 Å². The van der Waals surface area contributed by atoms with Crippen molar-refractivity contribution in [1.29, 1.82) is 0 Å². The lowest BCUT2D eigenvalue weighted by atomic mass is 9.84. The average molecular weight is 405 g/mol. The summed E-state index contributed by atoms with van der Waals surface area (Å²) in [7, 11) is -2.89. The molecule has 5 rings (SSSR count). The molecule has 4 atom stereocenters. The van der Waals surface area contributed by atoms with Gasteiger partial charge in [0.1, 0.15) is 11.5 Å². The van der Waals surface area contributed by atoms with Gasteiger partial charge >= 0.3 is 0 Å². The molecule has 29 heavy (non-hydrogen) atoms. The van der Waals surface area contributed by atoms with Crippen molar-refractivity contribution in [3.63, 3.8) is 0 Å². The predicted octanol–water partition coefficient (Wildman–Crippen LogP) is 6.71. The van der Waals surface area contributed by atoms with Crippen LogP contribution >= 0.6 is 7.29 Å². The normalized spacial score (nSPS) is 28.4. The Morgan fingerprint density at radius 3 is 1.97 bits per heavy atom. The van der Waals surface area contributed by atoms with Gasteiger partial charge in [0.2, 0.25) is 0 Å². The van der Waals surface area contributed by atoms with Crippen LogP contribution in [0, 0.1) is 17.8 Å². The quantitative estimate of drug-likeness (QED) is 0.562. The Kier molecular flexibility index (Phi) is 4.97. The van der Waals surface area contributed by atoms with Gasteiger partial charge in [0, 0.05) is 28.8 Å². The molecule has 3 nitrogen and oxygen atoms in total. The van der Waals surface area contributed by atoms with Crippen LogP contribution in [0.1, 0.15) is 43.7 Å². The van der Waals surface area contributed by atoms with Crippen LogP contribution in [0.2, 0.25) is 0 Å². The first-order valence-corrected chi connectivity index (χ1v) is 12.6. The molecule has 2 aromatic rings. The molecule has 0 radical (unpaired) electrons. The molecule has 2 aromatic carbocycles. The molecule has 1 heterocycles. The molecule has 0 spiro atoms. The zero-order chi connectivity index (χ0) is 19.8. The molecule has 2 fully saturated rings. The minimum atomic E-state index is -2.89. The fraction of sp³-hybridized carbons (Fsp3) is 0.360. The van der Waals surface area contributed by atoms with Gasteiger partial charge in [-0.2, -0.15) is 0 Å². The van der Waals surface area contributed by atoms with E-state index >= 15 is 0 Å². The lowest BCUT2D eigenvalue weighted by Crippen LogP contribution is -2.34. The van der Waals surface area contributed by atoms with Crippen molar-refractivity contribution in [2.75, 3.05) is 0 Å². The van der Waals surface area contributed by atoms with Gasteiger partial charge in [-0.05, 0) is 43.9 Å². The van der Waals surface area contributed by atoms with Gasteiger partial charge < -0.3 is 4.74 Å². The topological polar surface area (TPSA) is 38.3 Å². The highest BCUT2D eigenvalue weighted by Gasteiger charge is 2.43. The van der Waals surface area contributed by atoms with Gasteiger partial charge in [-0.25, -0.2) is 0 Å². The number of hydrogen-bond acceptors (Lipinski definition) is 2. The van der Waals surface area contributed by atoms with Gasteiger partial charge in [0.05, 0.1) is 0 Å². The molecule has 2 saturated carbocycles. The lowest BCUT2D eigenvalue weighted by molar-refractivity contribution is 0.280. The minimum absolute atomic E-state index is 0.232. The summed E-state index contributed by atoms with van der Waals surface area (Å²) in [6, 6.07) is 20.1. The van der Waals surface area contributed by atoms with E-state index in [1.165, 1.54) is 25.7 Å². The number of rotatable bonds is 5. The summed E-state index contributed by atoms with van der Waals surface area (Å²) in [5.74, 6) is 7.29. The predicted molar refractivity (Wildman–Crippen MR) is 119 cm³/mol. The Morgan fingerprint density at radius 1 is 0.897 bits per heavy atom. The molecule has 1 aliphatic heterocycles. The van der Waals surface area contributed by atoms with Crippen LogP contribution in [0.3, 0.4) is 0 Å². The molecule has 0 aromatic heterocycles. The first-order chi connectivity index (χ1) is 14.1. The second kappa shape index (κ2) is 7.63. The maximum Gasteiger partial charge on any atom is 0.198 e. The Hall–Kier alpha value is -2.09.